The number of azide groups is 1. The van der Waals surface area contributed by atoms with Gasteiger partial charge in [-0.2, -0.15) is 0 Å². The largest absolute Gasteiger partial charge is 0.372 e. The molecule has 0 N–H and O–H groups in total. The summed E-state index contributed by atoms with van der Waals surface area (Å²) in [6.07, 6.45) is 3.04. The van der Waals surface area contributed by atoms with Crippen molar-refractivity contribution >= 4 is 11.6 Å². The maximum absolute atomic E-state index is 12.0. The van der Waals surface area contributed by atoms with E-state index in [1.807, 2.05) is 4.90 Å². The van der Waals surface area contributed by atoms with Crippen molar-refractivity contribution in [1.29, 1.82) is 0 Å². The lowest BCUT2D eigenvalue weighted by Gasteiger charge is -2.19. The smallest absolute Gasteiger partial charge is 0.223 e. The number of rotatable bonds is 5. The molecule has 0 radical (unpaired) electrons. The van der Waals surface area contributed by atoms with Crippen molar-refractivity contribution < 1.29 is 4.79 Å². The maximum atomic E-state index is 12.0. The number of carbonyl (C=O) groups excluding carboxylic acids is 1. The van der Waals surface area contributed by atoms with E-state index in [4.69, 9.17) is 5.53 Å². The minimum absolute atomic E-state index is 0.154. The molecule has 0 bridgehead atoms. The van der Waals surface area contributed by atoms with Crippen molar-refractivity contribution in [2.45, 2.75) is 25.8 Å². The van der Waals surface area contributed by atoms with E-state index in [0.717, 1.165) is 18.7 Å². The lowest BCUT2D eigenvalue weighted by molar-refractivity contribution is -0.128. The molecule has 3 rings (SSSR count). The van der Waals surface area contributed by atoms with Gasteiger partial charge in [-0.3, -0.25) is 4.79 Å². The van der Waals surface area contributed by atoms with E-state index in [2.05, 4.69) is 39.2 Å². The van der Waals surface area contributed by atoms with Crippen LogP contribution in [0, 0.1) is 5.92 Å². The molecule has 2 fully saturated rings. The van der Waals surface area contributed by atoms with Gasteiger partial charge in [-0.25, -0.2) is 0 Å². The van der Waals surface area contributed by atoms with Crippen LogP contribution in [0.4, 0.5) is 5.69 Å². The van der Waals surface area contributed by atoms with E-state index in [0.29, 0.717) is 26.1 Å². The van der Waals surface area contributed by atoms with Crippen molar-refractivity contribution in [2.24, 2.45) is 11.0 Å². The summed E-state index contributed by atoms with van der Waals surface area (Å²) in [5.41, 5.74) is 10.8. The zero-order valence-corrected chi connectivity index (χ0v) is 12.7. The molecular weight excluding hydrogens is 278 g/mol. The highest BCUT2D eigenvalue weighted by Crippen LogP contribution is 2.23. The average Bonchev–Trinajstić information content (AvgIpc) is 3.17. The Kier molecular flexibility index (Phi) is 4.49. The minimum atomic E-state index is 0.154. The molecule has 2 heterocycles. The molecule has 2 saturated heterocycles. The molecule has 1 unspecified atom stereocenters. The van der Waals surface area contributed by atoms with E-state index < -0.39 is 0 Å². The van der Waals surface area contributed by atoms with Gasteiger partial charge in [-0.05, 0) is 42.0 Å². The lowest BCUT2D eigenvalue weighted by Crippen LogP contribution is -2.25. The summed E-state index contributed by atoms with van der Waals surface area (Å²) in [7, 11) is 0. The third-order valence-corrected chi connectivity index (χ3v) is 4.48. The van der Waals surface area contributed by atoms with Gasteiger partial charge in [-0.15, -0.1) is 0 Å². The van der Waals surface area contributed by atoms with Crippen molar-refractivity contribution in [3.63, 3.8) is 0 Å². The van der Waals surface area contributed by atoms with Crippen molar-refractivity contribution in [3.05, 3.63) is 40.3 Å². The highest BCUT2D eigenvalue weighted by Gasteiger charge is 2.28. The van der Waals surface area contributed by atoms with Crippen LogP contribution in [-0.4, -0.2) is 37.0 Å². The highest BCUT2D eigenvalue weighted by molar-refractivity contribution is 5.78. The average molecular weight is 299 g/mol. The van der Waals surface area contributed by atoms with Gasteiger partial charge >= 0.3 is 0 Å². The van der Waals surface area contributed by atoms with Crippen LogP contribution >= 0.6 is 0 Å². The summed E-state index contributed by atoms with van der Waals surface area (Å²) in [5.74, 6) is 0.314. The summed E-state index contributed by atoms with van der Waals surface area (Å²) < 4.78 is 0. The van der Waals surface area contributed by atoms with Crippen LogP contribution in [0.25, 0.3) is 10.4 Å². The highest BCUT2D eigenvalue weighted by atomic mass is 16.2. The van der Waals surface area contributed by atoms with Gasteiger partial charge in [0.15, 0.2) is 0 Å². The third kappa shape index (κ3) is 3.34. The molecule has 0 saturated carbocycles. The van der Waals surface area contributed by atoms with Crippen LogP contribution < -0.4 is 4.90 Å². The molecule has 1 atom stereocenters. The van der Waals surface area contributed by atoms with Crippen molar-refractivity contribution in [2.75, 3.05) is 31.1 Å². The number of likely N-dealkylation sites (tertiary alicyclic amines) is 1. The molecule has 6 heteroatoms. The summed E-state index contributed by atoms with van der Waals surface area (Å²) in [5, 5.41) is 3.58. The number of hydrogen-bond acceptors (Lipinski definition) is 3. The van der Waals surface area contributed by atoms with Crippen LogP contribution in [0.2, 0.25) is 0 Å². The van der Waals surface area contributed by atoms with Crippen molar-refractivity contribution in [1.82, 2.24) is 4.90 Å². The number of nitrogens with zero attached hydrogens (tertiary/aromatic N) is 5. The second-order valence-electron chi connectivity index (χ2n) is 6.12. The number of carbonyl (C=O) groups is 1. The van der Waals surface area contributed by atoms with Gasteiger partial charge < -0.3 is 9.80 Å². The first-order chi connectivity index (χ1) is 10.8. The van der Waals surface area contributed by atoms with Gasteiger partial charge in [0.2, 0.25) is 5.91 Å². The predicted molar refractivity (Wildman–Crippen MR) is 85.4 cm³/mol. The van der Waals surface area contributed by atoms with Gasteiger partial charge in [0, 0.05) is 49.7 Å². The fourth-order valence-corrected chi connectivity index (χ4v) is 3.29. The molecular formula is C16H21N5O. The second kappa shape index (κ2) is 6.71. The zero-order chi connectivity index (χ0) is 15.4. The Morgan fingerprint density at radius 2 is 1.95 bits per heavy atom. The topological polar surface area (TPSA) is 72.3 Å². The summed E-state index contributed by atoms with van der Waals surface area (Å²) >= 11 is 0. The monoisotopic (exact) mass is 299 g/mol. The molecule has 116 valence electrons. The number of benzene rings is 1. The Bertz CT molecular complexity index is 573. The molecule has 0 aliphatic carbocycles. The lowest BCUT2D eigenvalue weighted by atomic mass is 10.1. The van der Waals surface area contributed by atoms with Crippen LogP contribution in [0.5, 0.6) is 0 Å². The van der Waals surface area contributed by atoms with E-state index in [1.165, 1.54) is 18.5 Å². The number of anilines is 1. The predicted octanol–water partition coefficient (Wildman–Crippen LogP) is 2.95. The number of amides is 1. The van der Waals surface area contributed by atoms with E-state index in [1.54, 1.807) is 0 Å². The molecule has 0 aromatic heterocycles. The fraction of sp³-hybridized carbons (Fsp3) is 0.562. The SMILES string of the molecule is [N-]=[N+]=NCC1CC(=O)N(Cc2ccc(N3CCCC3)cc2)C1. The molecule has 6 nitrogen and oxygen atoms in total. The molecule has 22 heavy (non-hydrogen) atoms. The molecule has 1 aromatic carbocycles. The first-order valence-electron chi connectivity index (χ1n) is 7.89. The Morgan fingerprint density at radius 3 is 2.64 bits per heavy atom. The molecule has 2 aliphatic rings. The zero-order valence-electron chi connectivity index (χ0n) is 12.7. The van der Waals surface area contributed by atoms with Gasteiger partial charge in [0.1, 0.15) is 0 Å². The van der Waals surface area contributed by atoms with Gasteiger partial charge in [0.05, 0.1) is 0 Å². The van der Waals surface area contributed by atoms with Crippen LogP contribution in [-0.2, 0) is 11.3 Å². The minimum Gasteiger partial charge on any atom is -0.372 e. The third-order valence-electron chi connectivity index (χ3n) is 4.48. The van der Waals surface area contributed by atoms with E-state index >= 15 is 0 Å². The van der Waals surface area contributed by atoms with Crippen molar-refractivity contribution in [3.8, 4) is 0 Å². The van der Waals surface area contributed by atoms with Crippen LogP contribution in [0.1, 0.15) is 24.8 Å². The fourth-order valence-electron chi connectivity index (χ4n) is 3.29. The summed E-state index contributed by atoms with van der Waals surface area (Å²) in [6, 6.07) is 8.53. The first-order valence-corrected chi connectivity index (χ1v) is 7.89. The Morgan fingerprint density at radius 1 is 1.23 bits per heavy atom. The van der Waals surface area contributed by atoms with Gasteiger partial charge in [0.25, 0.3) is 0 Å². The molecule has 0 spiro atoms. The quantitative estimate of drug-likeness (QED) is 0.476. The number of hydrogen-bond donors (Lipinski definition) is 0. The second-order valence-corrected chi connectivity index (χ2v) is 6.12. The summed E-state index contributed by atoms with van der Waals surface area (Å²) in [4.78, 5) is 19.0. The Labute approximate surface area is 130 Å². The molecule has 2 aliphatic heterocycles. The normalized spacial score (nSPS) is 21.3. The van der Waals surface area contributed by atoms with E-state index in [9.17, 15) is 4.79 Å². The standard InChI is InChI=1S/C16H21N5O/c17-19-18-10-14-9-16(22)21(12-14)11-13-3-5-15(6-4-13)20-7-1-2-8-20/h3-6,14H,1-2,7-12H2. The first kappa shape index (κ1) is 14.7. The Hall–Kier alpha value is -2.20. The molecule has 1 aromatic rings. The van der Waals surface area contributed by atoms with Crippen LogP contribution in [0.15, 0.2) is 29.4 Å². The summed E-state index contributed by atoms with van der Waals surface area (Å²) in [6.45, 7) is 4.03. The van der Waals surface area contributed by atoms with Gasteiger partial charge in [-0.1, -0.05) is 17.2 Å². The van der Waals surface area contributed by atoms with E-state index in [-0.39, 0.29) is 11.8 Å². The Balaban J connectivity index is 1.58. The maximum Gasteiger partial charge on any atom is 0.223 e. The molecule has 1 amide bonds. The van der Waals surface area contributed by atoms with Crippen LogP contribution in [0.3, 0.4) is 0 Å².